The van der Waals surface area contributed by atoms with Crippen LogP contribution in [-0.2, 0) is 0 Å². The van der Waals surface area contributed by atoms with Gasteiger partial charge in [-0.05, 0) is 0 Å². The maximum atomic E-state index is 3.16. The van der Waals surface area contributed by atoms with Gasteiger partial charge in [0.2, 0.25) is 0 Å². The summed E-state index contributed by atoms with van der Waals surface area (Å²) in [6.45, 7) is 2.91. The standard InChI is InChI=1S/C5H11N3/c1-3-7-5-8-4-2-6-1/h1,3,6-8H,2,4-5H2/b3-1-. The quantitative estimate of drug-likeness (QED) is 0.385. The summed E-state index contributed by atoms with van der Waals surface area (Å²) >= 11 is 0. The molecule has 0 bridgehead atoms. The lowest BCUT2D eigenvalue weighted by atomic mass is 10.6. The average molecular weight is 113 g/mol. The summed E-state index contributed by atoms with van der Waals surface area (Å²) < 4.78 is 0. The number of nitrogens with one attached hydrogen (secondary N) is 3. The Morgan fingerprint density at radius 2 is 1.88 bits per heavy atom. The molecule has 0 fully saturated rings. The van der Waals surface area contributed by atoms with Crippen molar-refractivity contribution in [1.29, 1.82) is 0 Å². The smallest absolute Gasteiger partial charge is 0.0649 e. The first-order chi connectivity index (χ1) is 4.00. The first kappa shape index (κ1) is 5.44. The third-order valence-corrected chi connectivity index (χ3v) is 0.992. The van der Waals surface area contributed by atoms with Crippen LogP contribution < -0.4 is 16.0 Å². The lowest BCUT2D eigenvalue weighted by Gasteiger charge is -2.07. The summed E-state index contributed by atoms with van der Waals surface area (Å²) in [5.41, 5.74) is 0. The van der Waals surface area contributed by atoms with Crippen LogP contribution in [0.15, 0.2) is 12.4 Å². The highest BCUT2D eigenvalue weighted by molar-refractivity contribution is 4.78. The predicted molar refractivity (Wildman–Crippen MR) is 33.1 cm³/mol. The molecule has 0 aromatic heterocycles. The molecule has 3 nitrogen and oxygen atoms in total. The SMILES string of the molecule is C1=C\NCNCCN/1. The van der Waals surface area contributed by atoms with Crippen molar-refractivity contribution in [3.63, 3.8) is 0 Å². The Labute approximate surface area is 49.2 Å². The number of rotatable bonds is 0. The van der Waals surface area contributed by atoms with E-state index in [1.807, 2.05) is 12.4 Å². The molecule has 0 saturated carbocycles. The molecule has 1 heterocycles. The zero-order chi connectivity index (χ0) is 5.66. The number of hydrogen-bond donors (Lipinski definition) is 3. The second-order valence-electron chi connectivity index (χ2n) is 1.67. The molecule has 0 radical (unpaired) electrons. The predicted octanol–water partition coefficient (Wildman–Crippen LogP) is -0.802. The third-order valence-electron chi connectivity index (χ3n) is 0.992. The first-order valence-corrected chi connectivity index (χ1v) is 2.82. The summed E-state index contributed by atoms with van der Waals surface area (Å²) in [6, 6.07) is 0. The van der Waals surface area contributed by atoms with E-state index in [2.05, 4.69) is 16.0 Å². The third kappa shape index (κ3) is 1.84. The monoisotopic (exact) mass is 113 g/mol. The van der Waals surface area contributed by atoms with Crippen molar-refractivity contribution in [3.05, 3.63) is 12.4 Å². The summed E-state index contributed by atoms with van der Waals surface area (Å²) in [7, 11) is 0. The molecule has 0 unspecified atom stereocenters. The van der Waals surface area contributed by atoms with Gasteiger partial charge in [-0.25, -0.2) is 0 Å². The highest BCUT2D eigenvalue weighted by Crippen LogP contribution is 1.65. The maximum absolute atomic E-state index is 3.16. The minimum atomic E-state index is 0.873. The highest BCUT2D eigenvalue weighted by atomic mass is 15.1. The second kappa shape index (κ2) is 3.32. The van der Waals surface area contributed by atoms with E-state index in [1.54, 1.807) is 0 Å². The molecule has 1 aliphatic rings. The van der Waals surface area contributed by atoms with Gasteiger partial charge in [0.1, 0.15) is 0 Å². The molecule has 1 aliphatic heterocycles. The van der Waals surface area contributed by atoms with Gasteiger partial charge in [0.15, 0.2) is 0 Å². The Bertz CT molecular complexity index is 69.7. The van der Waals surface area contributed by atoms with E-state index in [-0.39, 0.29) is 0 Å². The average Bonchev–Trinajstić information content (AvgIpc) is 1.62. The van der Waals surface area contributed by atoms with Crippen LogP contribution in [0, 0.1) is 0 Å². The molecule has 8 heavy (non-hydrogen) atoms. The largest absolute Gasteiger partial charge is 0.388 e. The van der Waals surface area contributed by atoms with Crippen LogP contribution in [0.4, 0.5) is 0 Å². The highest BCUT2D eigenvalue weighted by Gasteiger charge is 1.84. The van der Waals surface area contributed by atoms with E-state index in [9.17, 15) is 0 Å². The van der Waals surface area contributed by atoms with Gasteiger partial charge in [0.25, 0.3) is 0 Å². The molecule has 0 saturated heterocycles. The van der Waals surface area contributed by atoms with Crippen molar-refractivity contribution < 1.29 is 0 Å². The van der Waals surface area contributed by atoms with E-state index in [0.29, 0.717) is 0 Å². The molecular weight excluding hydrogens is 102 g/mol. The molecule has 3 N–H and O–H groups in total. The number of hydrogen-bond acceptors (Lipinski definition) is 3. The van der Waals surface area contributed by atoms with E-state index in [4.69, 9.17) is 0 Å². The minimum absolute atomic E-state index is 0.873. The molecule has 0 amide bonds. The van der Waals surface area contributed by atoms with Crippen LogP contribution >= 0.6 is 0 Å². The molecule has 3 heteroatoms. The van der Waals surface area contributed by atoms with Gasteiger partial charge in [0, 0.05) is 25.5 Å². The maximum Gasteiger partial charge on any atom is 0.0649 e. The Morgan fingerprint density at radius 3 is 2.88 bits per heavy atom. The van der Waals surface area contributed by atoms with Gasteiger partial charge < -0.3 is 10.6 Å². The lowest BCUT2D eigenvalue weighted by Crippen LogP contribution is -2.33. The Kier molecular flexibility index (Phi) is 2.26. The van der Waals surface area contributed by atoms with Gasteiger partial charge in [-0.1, -0.05) is 0 Å². The summed E-state index contributed by atoms with van der Waals surface area (Å²) in [4.78, 5) is 0. The van der Waals surface area contributed by atoms with Crippen molar-refractivity contribution in [1.82, 2.24) is 16.0 Å². The van der Waals surface area contributed by atoms with Gasteiger partial charge >= 0.3 is 0 Å². The van der Waals surface area contributed by atoms with Crippen molar-refractivity contribution in [2.24, 2.45) is 0 Å². The molecule has 0 aromatic carbocycles. The van der Waals surface area contributed by atoms with E-state index in [0.717, 1.165) is 19.8 Å². The molecule has 46 valence electrons. The van der Waals surface area contributed by atoms with Crippen molar-refractivity contribution >= 4 is 0 Å². The summed E-state index contributed by atoms with van der Waals surface area (Å²) in [6.07, 6.45) is 3.81. The van der Waals surface area contributed by atoms with Crippen molar-refractivity contribution in [3.8, 4) is 0 Å². The van der Waals surface area contributed by atoms with E-state index in [1.165, 1.54) is 0 Å². The fraction of sp³-hybridized carbons (Fsp3) is 0.600. The summed E-state index contributed by atoms with van der Waals surface area (Å²) in [5.74, 6) is 0. The second-order valence-corrected chi connectivity index (χ2v) is 1.67. The molecular formula is C5H11N3. The van der Waals surface area contributed by atoms with Crippen LogP contribution in [0.2, 0.25) is 0 Å². The van der Waals surface area contributed by atoms with Crippen molar-refractivity contribution in [2.75, 3.05) is 19.8 Å². The summed E-state index contributed by atoms with van der Waals surface area (Å²) in [5, 5.41) is 9.28. The van der Waals surface area contributed by atoms with Crippen LogP contribution in [0.3, 0.4) is 0 Å². The van der Waals surface area contributed by atoms with Gasteiger partial charge in [0.05, 0.1) is 6.67 Å². The Hall–Kier alpha value is -0.700. The van der Waals surface area contributed by atoms with Gasteiger partial charge in [-0.3, -0.25) is 5.32 Å². The zero-order valence-corrected chi connectivity index (χ0v) is 4.78. The fourth-order valence-corrected chi connectivity index (χ4v) is 0.581. The lowest BCUT2D eigenvalue weighted by molar-refractivity contribution is 0.614. The molecule has 0 spiro atoms. The van der Waals surface area contributed by atoms with E-state index < -0.39 is 0 Å². The molecule has 1 rings (SSSR count). The fourth-order valence-electron chi connectivity index (χ4n) is 0.581. The van der Waals surface area contributed by atoms with Crippen LogP contribution in [0.1, 0.15) is 0 Å². The normalized spacial score (nSPS) is 24.0. The zero-order valence-electron chi connectivity index (χ0n) is 4.78. The molecule has 0 atom stereocenters. The van der Waals surface area contributed by atoms with Crippen LogP contribution in [0.25, 0.3) is 0 Å². The first-order valence-electron chi connectivity index (χ1n) is 2.82. The van der Waals surface area contributed by atoms with Crippen LogP contribution in [-0.4, -0.2) is 19.8 Å². The topological polar surface area (TPSA) is 36.1 Å². The minimum Gasteiger partial charge on any atom is -0.388 e. The van der Waals surface area contributed by atoms with Crippen LogP contribution in [0.5, 0.6) is 0 Å². The molecule has 0 aliphatic carbocycles. The Morgan fingerprint density at radius 1 is 1.00 bits per heavy atom. The van der Waals surface area contributed by atoms with Crippen molar-refractivity contribution in [2.45, 2.75) is 0 Å². The molecule has 0 aromatic rings. The van der Waals surface area contributed by atoms with Gasteiger partial charge in [-0.2, -0.15) is 0 Å². The Balaban J connectivity index is 2.17. The van der Waals surface area contributed by atoms with Gasteiger partial charge in [-0.15, -0.1) is 0 Å². The van der Waals surface area contributed by atoms with E-state index >= 15 is 0 Å².